The fraction of sp³-hybridized carbons (Fsp3) is 0.444. The normalized spacial score (nSPS) is 11.4. The number of esters is 1. The number of carbonyl (C=O) groups excluding carboxylic acids is 3. The summed E-state index contributed by atoms with van der Waals surface area (Å²) in [6, 6.07) is 13.2. The monoisotopic (exact) mass is 452 g/mol. The average molecular weight is 453 g/mol. The van der Waals surface area contributed by atoms with Gasteiger partial charge in [-0.3, -0.25) is 14.4 Å². The molecule has 2 rings (SSSR count). The summed E-state index contributed by atoms with van der Waals surface area (Å²) in [6.45, 7) is 13.8. The summed E-state index contributed by atoms with van der Waals surface area (Å²) in [5, 5.41) is 5.44. The molecule has 0 aliphatic carbocycles. The second kappa shape index (κ2) is 11.1. The van der Waals surface area contributed by atoms with Crippen LogP contribution in [0.2, 0.25) is 0 Å². The molecular weight excluding hydrogens is 416 g/mol. The smallest absolute Gasteiger partial charge is 0.325 e. The highest BCUT2D eigenvalue weighted by molar-refractivity contribution is 5.97. The summed E-state index contributed by atoms with van der Waals surface area (Å²) in [7, 11) is 0. The molecule has 0 aliphatic rings. The molecular formula is C27H36N2O4. The van der Waals surface area contributed by atoms with Crippen LogP contribution in [0.25, 0.3) is 0 Å². The maximum atomic E-state index is 12.5. The van der Waals surface area contributed by atoms with Gasteiger partial charge in [-0.25, -0.2) is 0 Å². The SMILES string of the molecule is CC(C)c1cccc(C(C)C)c1NC(=O)COC(=O)CNC(=O)c1ccc(C(C)(C)C)cc1. The Labute approximate surface area is 197 Å². The molecule has 2 amide bonds. The summed E-state index contributed by atoms with van der Waals surface area (Å²) < 4.78 is 5.06. The zero-order chi connectivity index (χ0) is 24.8. The zero-order valence-corrected chi connectivity index (χ0v) is 20.7. The Bertz CT molecular complexity index is 960. The molecule has 2 N–H and O–H groups in total. The molecule has 0 fully saturated rings. The Hall–Kier alpha value is -3.15. The van der Waals surface area contributed by atoms with Crippen molar-refractivity contribution in [3.8, 4) is 0 Å². The van der Waals surface area contributed by atoms with E-state index in [0.717, 1.165) is 22.4 Å². The summed E-state index contributed by atoms with van der Waals surface area (Å²) >= 11 is 0. The lowest BCUT2D eigenvalue weighted by molar-refractivity contribution is -0.146. The number of benzene rings is 2. The molecule has 0 aromatic heterocycles. The minimum absolute atomic E-state index is 0.00893. The summed E-state index contributed by atoms with van der Waals surface area (Å²) in [5.41, 5.74) is 4.40. The van der Waals surface area contributed by atoms with Gasteiger partial charge in [-0.05, 0) is 46.1 Å². The van der Waals surface area contributed by atoms with E-state index in [0.29, 0.717) is 5.56 Å². The van der Waals surface area contributed by atoms with Gasteiger partial charge < -0.3 is 15.4 Å². The molecule has 2 aromatic rings. The Balaban J connectivity index is 1.89. The predicted octanol–water partition coefficient (Wildman–Crippen LogP) is 5.14. The second-order valence-corrected chi connectivity index (χ2v) is 9.84. The number of anilines is 1. The van der Waals surface area contributed by atoms with E-state index in [4.69, 9.17) is 4.74 Å². The number of amides is 2. The minimum atomic E-state index is -0.675. The van der Waals surface area contributed by atoms with Gasteiger partial charge in [-0.15, -0.1) is 0 Å². The molecule has 0 radical (unpaired) electrons. The standard InChI is InChI=1S/C27H36N2O4/c1-17(2)21-9-8-10-22(18(3)4)25(21)29-23(30)16-33-24(31)15-28-26(32)19-11-13-20(14-12-19)27(5,6)7/h8-14,17-18H,15-16H2,1-7H3,(H,28,32)(H,29,30). The van der Waals surface area contributed by atoms with E-state index >= 15 is 0 Å². The molecule has 0 atom stereocenters. The van der Waals surface area contributed by atoms with Gasteiger partial charge in [0.2, 0.25) is 0 Å². The Kier molecular flexibility index (Phi) is 8.80. The highest BCUT2D eigenvalue weighted by atomic mass is 16.5. The van der Waals surface area contributed by atoms with Crippen molar-refractivity contribution >= 4 is 23.5 Å². The molecule has 0 bridgehead atoms. The van der Waals surface area contributed by atoms with Crippen molar-refractivity contribution in [2.75, 3.05) is 18.5 Å². The molecule has 178 valence electrons. The fourth-order valence-electron chi connectivity index (χ4n) is 3.44. The van der Waals surface area contributed by atoms with E-state index in [1.54, 1.807) is 12.1 Å². The maximum Gasteiger partial charge on any atom is 0.325 e. The van der Waals surface area contributed by atoms with Crippen molar-refractivity contribution in [2.45, 2.75) is 65.7 Å². The highest BCUT2D eigenvalue weighted by Crippen LogP contribution is 2.32. The maximum absolute atomic E-state index is 12.5. The van der Waals surface area contributed by atoms with Crippen LogP contribution in [-0.4, -0.2) is 30.9 Å². The van der Waals surface area contributed by atoms with Crippen molar-refractivity contribution in [1.82, 2.24) is 5.32 Å². The number of hydrogen-bond acceptors (Lipinski definition) is 4. The quantitative estimate of drug-likeness (QED) is 0.543. The Morgan fingerprint density at radius 1 is 0.879 bits per heavy atom. The van der Waals surface area contributed by atoms with Crippen LogP contribution >= 0.6 is 0 Å². The first-order chi connectivity index (χ1) is 15.4. The molecule has 6 heteroatoms. The van der Waals surface area contributed by atoms with E-state index < -0.39 is 18.5 Å². The molecule has 0 aliphatic heterocycles. The van der Waals surface area contributed by atoms with Gasteiger partial charge in [0.15, 0.2) is 6.61 Å². The van der Waals surface area contributed by atoms with E-state index in [-0.39, 0.29) is 29.7 Å². The fourth-order valence-corrected chi connectivity index (χ4v) is 3.44. The third-order valence-corrected chi connectivity index (χ3v) is 5.41. The van der Waals surface area contributed by atoms with Crippen molar-refractivity contribution in [3.05, 3.63) is 64.7 Å². The average Bonchev–Trinajstić information content (AvgIpc) is 2.75. The van der Waals surface area contributed by atoms with Crippen LogP contribution in [0.15, 0.2) is 42.5 Å². The Morgan fingerprint density at radius 2 is 1.42 bits per heavy atom. The van der Waals surface area contributed by atoms with E-state index in [1.165, 1.54) is 0 Å². The number of ether oxygens (including phenoxy) is 1. The van der Waals surface area contributed by atoms with Crippen LogP contribution in [-0.2, 0) is 19.7 Å². The first kappa shape index (κ1) is 26.1. The topological polar surface area (TPSA) is 84.5 Å². The van der Waals surface area contributed by atoms with Crippen molar-refractivity contribution in [2.24, 2.45) is 0 Å². The number of carbonyl (C=O) groups is 3. The van der Waals surface area contributed by atoms with Gasteiger partial charge in [0.05, 0.1) is 0 Å². The summed E-state index contributed by atoms with van der Waals surface area (Å²) in [6.07, 6.45) is 0. The summed E-state index contributed by atoms with van der Waals surface area (Å²) in [5.74, 6) is -0.999. The van der Waals surface area contributed by atoms with Crippen molar-refractivity contribution in [1.29, 1.82) is 0 Å². The van der Waals surface area contributed by atoms with Gasteiger partial charge in [0.25, 0.3) is 11.8 Å². The van der Waals surface area contributed by atoms with Crippen LogP contribution in [0.1, 0.15) is 87.4 Å². The largest absolute Gasteiger partial charge is 0.454 e. The molecule has 0 saturated carbocycles. The molecule has 6 nitrogen and oxygen atoms in total. The van der Waals surface area contributed by atoms with Crippen molar-refractivity contribution in [3.63, 3.8) is 0 Å². The lowest BCUT2D eigenvalue weighted by Gasteiger charge is -2.20. The van der Waals surface area contributed by atoms with E-state index in [1.807, 2.05) is 30.3 Å². The number of hydrogen-bond donors (Lipinski definition) is 2. The highest BCUT2D eigenvalue weighted by Gasteiger charge is 2.18. The molecule has 0 spiro atoms. The second-order valence-electron chi connectivity index (χ2n) is 9.84. The van der Waals surface area contributed by atoms with Gasteiger partial charge in [0, 0.05) is 11.3 Å². The van der Waals surface area contributed by atoms with Gasteiger partial charge in [0.1, 0.15) is 6.54 Å². The van der Waals surface area contributed by atoms with Crippen LogP contribution in [0.5, 0.6) is 0 Å². The van der Waals surface area contributed by atoms with Crippen LogP contribution in [0, 0.1) is 0 Å². The molecule has 0 unspecified atom stereocenters. The van der Waals surface area contributed by atoms with Crippen LogP contribution in [0.3, 0.4) is 0 Å². The first-order valence-electron chi connectivity index (χ1n) is 11.4. The van der Waals surface area contributed by atoms with Crippen molar-refractivity contribution < 1.29 is 19.1 Å². The zero-order valence-electron chi connectivity index (χ0n) is 20.7. The third kappa shape index (κ3) is 7.45. The summed E-state index contributed by atoms with van der Waals surface area (Å²) in [4.78, 5) is 36.8. The lowest BCUT2D eigenvalue weighted by atomic mass is 9.87. The van der Waals surface area contributed by atoms with Crippen LogP contribution in [0.4, 0.5) is 5.69 Å². The Morgan fingerprint density at radius 3 is 1.91 bits per heavy atom. The van der Waals surface area contributed by atoms with E-state index in [2.05, 4.69) is 59.1 Å². The lowest BCUT2D eigenvalue weighted by Crippen LogP contribution is -2.32. The number of para-hydroxylation sites is 1. The predicted molar refractivity (Wildman–Crippen MR) is 132 cm³/mol. The van der Waals surface area contributed by atoms with Gasteiger partial charge >= 0.3 is 5.97 Å². The third-order valence-electron chi connectivity index (χ3n) is 5.41. The molecule has 0 heterocycles. The molecule has 33 heavy (non-hydrogen) atoms. The number of rotatable bonds is 8. The molecule has 2 aromatic carbocycles. The first-order valence-corrected chi connectivity index (χ1v) is 11.4. The van der Waals surface area contributed by atoms with E-state index in [9.17, 15) is 14.4 Å². The minimum Gasteiger partial charge on any atom is -0.454 e. The number of nitrogens with one attached hydrogen (secondary N) is 2. The van der Waals surface area contributed by atoms with Crippen LogP contribution < -0.4 is 10.6 Å². The van der Waals surface area contributed by atoms with Gasteiger partial charge in [-0.1, -0.05) is 78.8 Å². The van der Waals surface area contributed by atoms with Gasteiger partial charge in [-0.2, -0.15) is 0 Å². The molecule has 0 saturated heterocycles.